The molecule has 2 N–H and O–H groups in total. The maximum absolute atomic E-state index is 12.8. The van der Waals surface area contributed by atoms with E-state index < -0.39 is 23.6 Å². The second-order valence-corrected chi connectivity index (χ2v) is 8.44. The zero-order chi connectivity index (χ0) is 20.4. The molecular formula is C19H24ClF3N2O2. The Morgan fingerprint density at radius 2 is 1.63 bits per heavy atom. The molecule has 1 aromatic rings. The fourth-order valence-corrected chi connectivity index (χ4v) is 3.50. The number of hydrogen-bond donors (Lipinski definition) is 2. The van der Waals surface area contributed by atoms with Gasteiger partial charge in [-0.1, -0.05) is 32.4 Å². The van der Waals surface area contributed by atoms with E-state index in [1.807, 2.05) is 0 Å². The molecule has 2 amide bonds. The number of carbonyl (C=O) groups excluding carboxylic acids is 2. The standard InChI is InChI=1S/C19H24ClF3N2O2/c1-18(2,3)11-4-7-13(8-5-11)24-16(26)17(27)25-15-10-12(19(21,22)23)6-9-14(15)20/h6,9-11,13H,4-5,7-8H2,1-3H3,(H,24,26)(H,25,27). The minimum absolute atomic E-state index is 0.0742. The molecule has 1 aliphatic carbocycles. The van der Waals surface area contributed by atoms with E-state index in [9.17, 15) is 22.8 Å². The molecule has 0 spiro atoms. The maximum Gasteiger partial charge on any atom is 0.416 e. The molecule has 1 fully saturated rings. The summed E-state index contributed by atoms with van der Waals surface area (Å²) in [6.45, 7) is 6.55. The van der Waals surface area contributed by atoms with Crippen molar-refractivity contribution < 1.29 is 22.8 Å². The van der Waals surface area contributed by atoms with Gasteiger partial charge in [-0.15, -0.1) is 0 Å². The number of anilines is 1. The van der Waals surface area contributed by atoms with Crippen LogP contribution in [0.15, 0.2) is 18.2 Å². The molecule has 1 saturated carbocycles. The van der Waals surface area contributed by atoms with E-state index in [1.165, 1.54) is 0 Å². The summed E-state index contributed by atoms with van der Waals surface area (Å²) in [4.78, 5) is 24.2. The summed E-state index contributed by atoms with van der Waals surface area (Å²) in [5, 5.41) is 4.75. The summed E-state index contributed by atoms with van der Waals surface area (Å²) in [5.41, 5.74) is -1.00. The lowest BCUT2D eigenvalue weighted by molar-refractivity contribution is -0.137. The fraction of sp³-hybridized carbons (Fsp3) is 0.579. The van der Waals surface area contributed by atoms with Gasteiger partial charge in [-0.25, -0.2) is 0 Å². The fourth-order valence-electron chi connectivity index (χ4n) is 3.33. The average molecular weight is 405 g/mol. The van der Waals surface area contributed by atoms with Crippen LogP contribution in [0.3, 0.4) is 0 Å². The zero-order valence-electron chi connectivity index (χ0n) is 15.5. The van der Waals surface area contributed by atoms with Crippen molar-refractivity contribution in [3.8, 4) is 0 Å². The molecule has 0 aliphatic heterocycles. The van der Waals surface area contributed by atoms with Crippen molar-refractivity contribution in [1.29, 1.82) is 0 Å². The summed E-state index contributed by atoms with van der Waals surface area (Å²) in [6, 6.07) is 2.44. The molecule has 0 aromatic heterocycles. The van der Waals surface area contributed by atoms with Crippen LogP contribution in [-0.2, 0) is 15.8 Å². The van der Waals surface area contributed by atoms with Crippen LogP contribution in [0.4, 0.5) is 18.9 Å². The van der Waals surface area contributed by atoms with Gasteiger partial charge in [0.25, 0.3) is 0 Å². The van der Waals surface area contributed by atoms with Gasteiger partial charge in [0.15, 0.2) is 0 Å². The number of benzene rings is 1. The summed E-state index contributed by atoms with van der Waals surface area (Å²) >= 11 is 5.83. The first-order valence-electron chi connectivity index (χ1n) is 8.86. The normalized spacial score (nSPS) is 20.9. The van der Waals surface area contributed by atoms with Crippen LogP contribution < -0.4 is 10.6 Å². The molecule has 0 unspecified atom stereocenters. The number of nitrogens with one attached hydrogen (secondary N) is 2. The van der Waals surface area contributed by atoms with Crippen molar-refractivity contribution >= 4 is 29.1 Å². The van der Waals surface area contributed by atoms with Gasteiger partial charge in [0.2, 0.25) is 0 Å². The Bertz CT molecular complexity index is 706. The van der Waals surface area contributed by atoms with Gasteiger partial charge in [0, 0.05) is 6.04 Å². The molecule has 0 bridgehead atoms. The van der Waals surface area contributed by atoms with E-state index in [-0.39, 0.29) is 22.2 Å². The number of hydrogen-bond acceptors (Lipinski definition) is 2. The molecule has 27 heavy (non-hydrogen) atoms. The van der Waals surface area contributed by atoms with E-state index in [0.717, 1.165) is 37.8 Å². The van der Waals surface area contributed by atoms with E-state index in [2.05, 4.69) is 31.4 Å². The largest absolute Gasteiger partial charge is 0.416 e. The average Bonchev–Trinajstić information content (AvgIpc) is 2.55. The van der Waals surface area contributed by atoms with E-state index in [4.69, 9.17) is 11.6 Å². The summed E-state index contributed by atoms with van der Waals surface area (Å²) in [5.74, 6) is -1.35. The van der Waals surface area contributed by atoms with Crippen molar-refractivity contribution in [3.63, 3.8) is 0 Å². The summed E-state index contributed by atoms with van der Waals surface area (Å²) in [6.07, 6.45) is -1.13. The Kier molecular flexibility index (Phi) is 6.45. The molecule has 2 rings (SSSR count). The molecule has 1 aromatic carbocycles. The topological polar surface area (TPSA) is 58.2 Å². The van der Waals surface area contributed by atoms with Crippen molar-refractivity contribution in [2.45, 2.75) is 58.7 Å². The Hall–Kier alpha value is -1.76. The molecule has 150 valence electrons. The molecule has 4 nitrogen and oxygen atoms in total. The number of halogens is 4. The van der Waals surface area contributed by atoms with E-state index in [0.29, 0.717) is 12.0 Å². The second-order valence-electron chi connectivity index (χ2n) is 8.03. The van der Waals surface area contributed by atoms with Gasteiger partial charge in [0.1, 0.15) is 0 Å². The number of alkyl halides is 3. The minimum Gasteiger partial charge on any atom is -0.345 e. The monoisotopic (exact) mass is 404 g/mol. The Labute approximate surface area is 161 Å². The van der Waals surface area contributed by atoms with Crippen LogP contribution in [0.2, 0.25) is 5.02 Å². The third-order valence-corrected chi connectivity index (χ3v) is 5.36. The molecule has 0 atom stereocenters. The molecule has 0 heterocycles. The van der Waals surface area contributed by atoms with Crippen LogP contribution in [0.1, 0.15) is 52.0 Å². The third-order valence-electron chi connectivity index (χ3n) is 5.04. The lowest BCUT2D eigenvalue weighted by atomic mass is 9.71. The van der Waals surface area contributed by atoms with Crippen molar-refractivity contribution in [2.24, 2.45) is 11.3 Å². The predicted molar refractivity (Wildman–Crippen MR) is 98.4 cm³/mol. The summed E-state index contributed by atoms with van der Waals surface area (Å²) in [7, 11) is 0. The zero-order valence-corrected chi connectivity index (χ0v) is 16.3. The molecule has 1 aliphatic rings. The van der Waals surface area contributed by atoms with Gasteiger partial charge >= 0.3 is 18.0 Å². The highest BCUT2D eigenvalue weighted by Gasteiger charge is 2.32. The van der Waals surface area contributed by atoms with Crippen molar-refractivity contribution in [1.82, 2.24) is 5.32 Å². The summed E-state index contributed by atoms with van der Waals surface area (Å²) < 4.78 is 38.4. The smallest absolute Gasteiger partial charge is 0.345 e. The second kappa shape index (κ2) is 8.09. The number of rotatable bonds is 2. The van der Waals surface area contributed by atoms with Gasteiger partial charge in [0.05, 0.1) is 16.3 Å². The van der Waals surface area contributed by atoms with Crippen molar-refractivity contribution in [3.05, 3.63) is 28.8 Å². The van der Waals surface area contributed by atoms with Crippen LogP contribution in [0.25, 0.3) is 0 Å². The molecular weight excluding hydrogens is 381 g/mol. The molecule has 8 heteroatoms. The Balaban J connectivity index is 1.94. The van der Waals surface area contributed by atoms with Crippen LogP contribution in [0, 0.1) is 11.3 Å². The lowest BCUT2D eigenvalue weighted by Crippen LogP contribution is -2.44. The first-order chi connectivity index (χ1) is 12.4. The van der Waals surface area contributed by atoms with Crippen molar-refractivity contribution in [2.75, 3.05) is 5.32 Å². The number of carbonyl (C=O) groups is 2. The third kappa shape index (κ3) is 5.86. The quantitative estimate of drug-likeness (QED) is 0.680. The molecule has 0 saturated heterocycles. The SMILES string of the molecule is CC(C)(C)C1CCC(NC(=O)C(=O)Nc2cc(C(F)(F)F)ccc2Cl)CC1. The van der Waals surface area contributed by atoms with Crippen LogP contribution >= 0.6 is 11.6 Å². The first-order valence-corrected chi connectivity index (χ1v) is 9.24. The number of amides is 2. The van der Waals surface area contributed by atoms with Crippen LogP contribution in [-0.4, -0.2) is 17.9 Å². The van der Waals surface area contributed by atoms with Gasteiger partial charge in [-0.2, -0.15) is 13.2 Å². The lowest BCUT2D eigenvalue weighted by Gasteiger charge is -2.37. The van der Waals surface area contributed by atoms with Gasteiger partial charge in [-0.05, 0) is 55.2 Å². The van der Waals surface area contributed by atoms with E-state index >= 15 is 0 Å². The van der Waals surface area contributed by atoms with E-state index in [1.54, 1.807) is 0 Å². The minimum atomic E-state index is -4.57. The highest BCUT2D eigenvalue weighted by molar-refractivity contribution is 6.41. The highest BCUT2D eigenvalue weighted by Crippen LogP contribution is 2.38. The van der Waals surface area contributed by atoms with Gasteiger partial charge < -0.3 is 10.6 Å². The Morgan fingerprint density at radius 1 is 1.04 bits per heavy atom. The predicted octanol–water partition coefficient (Wildman–Crippen LogP) is 5.02. The maximum atomic E-state index is 12.8. The Morgan fingerprint density at radius 3 is 2.15 bits per heavy atom. The van der Waals surface area contributed by atoms with Gasteiger partial charge in [-0.3, -0.25) is 9.59 Å². The van der Waals surface area contributed by atoms with Crippen LogP contribution in [0.5, 0.6) is 0 Å². The highest BCUT2D eigenvalue weighted by atomic mass is 35.5. The first kappa shape index (κ1) is 21.5. The molecule has 0 radical (unpaired) electrons.